The predicted molar refractivity (Wildman–Crippen MR) is 109 cm³/mol. The summed E-state index contributed by atoms with van der Waals surface area (Å²) in [7, 11) is 0. The molecule has 0 bridgehead atoms. The van der Waals surface area contributed by atoms with Crippen molar-refractivity contribution in [2.45, 2.75) is 40.5 Å². The second kappa shape index (κ2) is 7.95. The minimum atomic E-state index is -0.172. The van der Waals surface area contributed by atoms with E-state index < -0.39 is 0 Å². The van der Waals surface area contributed by atoms with Crippen LogP contribution in [0.2, 0.25) is 0 Å². The molecule has 1 atom stereocenters. The molecular formula is C23H28N2O2. The van der Waals surface area contributed by atoms with Crippen molar-refractivity contribution in [1.82, 2.24) is 4.90 Å². The second-order valence-electron chi connectivity index (χ2n) is 7.83. The molecule has 2 amide bonds. The smallest absolute Gasteiger partial charge is 0.253 e. The molecule has 1 aliphatic rings. The SMILES string of the molecule is Cc1cc(C)cc(NC(=O)[C@H]2CCCN(C(=O)c3cc(C)cc(C)c3)C2)c1. The van der Waals surface area contributed by atoms with E-state index in [1.807, 2.05) is 56.9 Å². The summed E-state index contributed by atoms with van der Waals surface area (Å²) in [5.74, 6) is -0.155. The quantitative estimate of drug-likeness (QED) is 0.877. The average Bonchev–Trinajstić information content (AvgIpc) is 2.59. The molecule has 1 heterocycles. The van der Waals surface area contributed by atoms with Gasteiger partial charge < -0.3 is 10.2 Å². The molecule has 0 unspecified atom stereocenters. The number of piperidine rings is 1. The number of nitrogens with one attached hydrogen (secondary N) is 1. The van der Waals surface area contributed by atoms with Gasteiger partial charge in [-0.05, 0) is 75.9 Å². The number of benzene rings is 2. The zero-order valence-electron chi connectivity index (χ0n) is 16.6. The highest BCUT2D eigenvalue weighted by molar-refractivity contribution is 5.96. The summed E-state index contributed by atoms with van der Waals surface area (Å²) >= 11 is 0. The topological polar surface area (TPSA) is 49.4 Å². The maximum atomic E-state index is 12.9. The van der Waals surface area contributed by atoms with Gasteiger partial charge in [-0.15, -0.1) is 0 Å². The van der Waals surface area contributed by atoms with Crippen molar-refractivity contribution in [1.29, 1.82) is 0 Å². The number of anilines is 1. The molecule has 0 aromatic heterocycles. The van der Waals surface area contributed by atoms with Gasteiger partial charge in [-0.2, -0.15) is 0 Å². The fourth-order valence-corrected chi connectivity index (χ4v) is 3.95. The lowest BCUT2D eigenvalue weighted by molar-refractivity contribution is -0.121. The van der Waals surface area contributed by atoms with Crippen LogP contribution in [-0.2, 0) is 4.79 Å². The molecule has 1 fully saturated rings. The van der Waals surface area contributed by atoms with Crippen molar-refractivity contribution in [3.8, 4) is 0 Å². The van der Waals surface area contributed by atoms with Crippen molar-refractivity contribution in [3.63, 3.8) is 0 Å². The van der Waals surface area contributed by atoms with Gasteiger partial charge in [0.25, 0.3) is 5.91 Å². The van der Waals surface area contributed by atoms with Gasteiger partial charge in [0.2, 0.25) is 5.91 Å². The molecule has 2 aromatic rings. The van der Waals surface area contributed by atoms with E-state index in [1.54, 1.807) is 0 Å². The summed E-state index contributed by atoms with van der Waals surface area (Å²) in [5.41, 5.74) is 5.96. The molecule has 27 heavy (non-hydrogen) atoms. The van der Waals surface area contributed by atoms with E-state index in [4.69, 9.17) is 0 Å². The van der Waals surface area contributed by atoms with E-state index >= 15 is 0 Å². The van der Waals surface area contributed by atoms with Gasteiger partial charge in [0.15, 0.2) is 0 Å². The molecule has 142 valence electrons. The molecule has 0 saturated carbocycles. The lowest BCUT2D eigenvalue weighted by Gasteiger charge is -2.32. The number of rotatable bonds is 3. The monoisotopic (exact) mass is 364 g/mol. The van der Waals surface area contributed by atoms with Crippen molar-refractivity contribution < 1.29 is 9.59 Å². The zero-order valence-corrected chi connectivity index (χ0v) is 16.6. The van der Waals surface area contributed by atoms with E-state index in [1.165, 1.54) is 0 Å². The van der Waals surface area contributed by atoms with Crippen molar-refractivity contribution in [3.05, 3.63) is 64.2 Å². The molecule has 0 aliphatic carbocycles. The summed E-state index contributed by atoms with van der Waals surface area (Å²) in [4.78, 5) is 27.5. The molecule has 0 spiro atoms. The fraction of sp³-hybridized carbons (Fsp3) is 0.391. The van der Waals surface area contributed by atoms with Gasteiger partial charge in [-0.1, -0.05) is 23.3 Å². The first-order valence-corrected chi connectivity index (χ1v) is 9.58. The molecule has 3 rings (SSSR count). The third-order valence-corrected chi connectivity index (χ3v) is 5.04. The highest BCUT2D eigenvalue weighted by atomic mass is 16.2. The van der Waals surface area contributed by atoms with Crippen molar-refractivity contribution in [2.24, 2.45) is 5.92 Å². The molecule has 2 aromatic carbocycles. The van der Waals surface area contributed by atoms with Crippen molar-refractivity contribution >= 4 is 17.5 Å². The average molecular weight is 364 g/mol. The normalized spacial score (nSPS) is 16.9. The Kier molecular flexibility index (Phi) is 5.64. The lowest BCUT2D eigenvalue weighted by atomic mass is 9.96. The van der Waals surface area contributed by atoms with Crippen LogP contribution in [0.1, 0.15) is 45.5 Å². The maximum absolute atomic E-state index is 12.9. The van der Waals surface area contributed by atoms with Gasteiger partial charge in [0.05, 0.1) is 5.92 Å². The number of aryl methyl sites for hydroxylation is 4. The van der Waals surface area contributed by atoms with Crippen LogP contribution >= 0.6 is 0 Å². The number of hydrogen-bond acceptors (Lipinski definition) is 2. The maximum Gasteiger partial charge on any atom is 0.253 e. The Morgan fingerprint density at radius 1 is 0.889 bits per heavy atom. The minimum absolute atomic E-state index is 0.00192. The van der Waals surface area contributed by atoms with Crippen LogP contribution < -0.4 is 5.32 Å². The van der Waals surface area contributed by atoms with Crippen LogP contribution in [0.25, 0.3) is 0 Å². The van der Waals surface area contributed by atoms with Gasteiger partial charge >= 0.3 is 0 Å². The van der Waals surface area contributed by atoms with E-state index in [9.17, 15) is 9.59 Å². The van der Waals surface area contributed by atoms with Crippen LogP contribution in [0, 0.1) is 33.6 Å². The first-order chi connectivity index (χ1) is 12.8. The van der Waals surface area contributed by atoms with Crippen LogP contribution in [0.3, 0.4) is 0 Å². The third kappa shape index (κ3) is 4.76. The summed E-state index contributed by atoms with van der Waals surface area (Å²) in [5, 5.41) is 3.03. The Balaban J connectivity index is 1.69. The van der Waals surface area contributed by atoms with Gasteiger partial charge in [-0.25, -0.2) is 0 Å². The summed E-state index contributed by atoms with van der Waals surface area (Å²) in [6, 6.07) is 12.0. The Hall–Kier alpha value is -2.62. The molecular weight excluding hydrogens is 336 g/mol. The standard InChI is InChI=1S/C23H28N2O2/c1-15-8-16(2)11-20(10-15)23(27)25-7-5-6-19(14-25)22(26)24-21-12-17(3)9-18(4)13-21/h8-13,19H,5-7,14H2,1-4H3,(H,24,26)/t19-/m0/s1. The Morgan fingerprint density at radius 2 is 1.44 bits per heavy atom. The molecule has 1 N–H and O–H groups in total. The highest BCUT2D eigenvalue weighted by Crippen LogP contribution is 2.22. The zero-order chi connectivity index (χ0) is 19.6. The number of nitrogens with zero attached hydrogens (tertiary/aromatic N) is 1. The molecule has 0 radical (unpaired) electrons. The fourth-order valence-electron chi connectivity index (χ4n) is 3.95. The first-order valence-electron chi connectivity index (χ1n) is 9.58. The first kappa shape index (κ1) is 19.2. The Bertz CT molecular complexity index is 832. The third-order valence-electron chi connectivity index (χ3n) is 5.04. The second-order valence-corrected chi connectivity index (χ2v) is 7.83. The number of amides is 2. The Morgan fingerprint density at radius 3 is 2.04 bits per heavy atom. The molecule has 1 saturated heterocycles. The molecule has 1 aliphatic heterocycles. The van der Waals surface area contributed by atoms with Gasteiger partial charge in [0.1, 0.15) is 0 Å². The summed E-state index contributed by atoms with van der Waals surface area (Å²) in [6.07, 6.45) is 1.66. The molecule has 4 nitrogen and oxygen atoms in total. The lowest BCUT2D eigenvalue weighted by Crippen LogP contribution is -2.43. The van der Waals surface area contributed by atoms with E-state index in [0.717, 1.165) is 40.8 Å². The number of hydrogen-bond donors (Lipinski definition) is 1. The van der Waals surface area contributed by atoms with Crippen LogP contribution in [0.4, 0.5) is 5.69 Å². The predicted octanol–water partition coefficient (Wildman–Crippen LogP) is 4.41. The summed E-state index contributed by atoms with van der Waals surface area (Å²) < 4.78 is 0. The van der Waals surface area contributed by atoms with Crippen molar-refractivity contribution in [2.75, 3.05) is 18.4 Å². The minimum Gasteiger partial charge on any atom is -0.338 e. The van der Waals surface area contributed by atoms with Crippen LogP contribution in [-0.4, -0.2) is 29.8 Å². The van der Waals surface area contributed by atoms with Crippen LogP contribution in [0.5, 0.6) is 0 Å². The highest BCUT2D eigenvalue weighted by Gasteiger charge is 2.29. The number of carbonyl (C=O) groups is 2. The van der Waals surface area contributed by atoms with Gasteiger partial charge in [-0.3, -0.25) is 9.59 Å². The molecule has 4 heteroatoms. The van der Waals surface area contributed by atoms with Crippen LogP contribution in [0.15, 0.2) is 36.4 Å². The Labute approximate surface area is 161 Å². The van der Waals surface area contributed by atoms with Gasteiger partial charge in [0, 0.05) is 24.3 Å². The summed E-state index contributed by atoms with van der Waals surface area (Å²) in [6.45, 7) is 9.22. The van der Waals surface area contributed by atoms with E-state index in [-0.39, 0.29) is 17.7 Å². The number of carbonyl (C=O) groups excluding carboxylic acids is 2. The largest absolute Gasteiger partial charge is 0.338 e. The number of likely N-dealkylation sites (tertiary alicyclic amines) is 1. The van der Waals surface area contributed by atoms with E-state index in [2.05, 4.69) is 17.4 Å². The van der Waals surface area contributed by atoms with E-state index in [0.29, 0.717) is 18.7 Å².